The number of alkyl halides is 3. The minimum Gasteiger partial charge on any atom is -0.496 e. The summed E-state index contributed by atoms with van der Waals surface area (Å²) >= 11 is 1.02. The van der Waals surface area contributed by atoms with Crippen LogP contribution in [-0.2, 0) is 6.18 Å². The van der Waals surface area contributed by atoms with E-state index in [1.807, 2.05) is 0 Å². The molecule has 0 saturated carbocycles. The molecule has 1 atom stereocenters. The maximum Gasteiger partial charge on any atom is 0.420 e. The zero-order valence-corrected chi connectivity index (χ0v) is 20.1. The molecular formula is C23H20F3N5O5S. The van der Waals surface area contributed by atoms with Crippen molar-refractivity contribution in [3.8, 4) is 5.75 Å². The predicted molar refractivity (Wildman–Crippen MR) is 129 cm³/mol. The molecule has 10 nitrogen and oxygen atoms in total. The number of hydrogen-bond donors (Lipinski definition) is 3. The third kappa shape index (κ3) is 4.37. The maximum absolute atomic E-state index is 13.6. The number of hydrogen-bond acceptors (Lipinski definition) is 6. The molecule has 1 aromatic carbocycles. The van der Waals surface area contributed by atoms with Crippen molar-refractivity contribution in [1.82, 2.24) is 15.2 Å². The van der Waals surface area contributed by atoms with Gasteiger partial charge in [0.05, 0.1) is 35.1 Å². The topological polar surface area (TPSA) is 124 Å². The van der Waals surface area contributed by atoms with E-state index >= 15 is 0 Å². The Morgan fingerprint density at radius 3 is 2.78 bits per heavy atom. The number of thiophene rings is 1. The number of amides is 4. The van der Waals surface area contributed by atoms with E-state index < -0.39 is 35.8 Å². The summed E-state index contributed by atoms with van der Waals surface area (Å²) in [4.78, 5) is 44.8. The number of anilines is 3. The molecule has 1 fully saturated rings. The number of nitrogens with zero attached hydrogens (tertiary/aromatic N) is 3. The molecule has 0 bridgehead atoms. The number of methoxy groups -OCH3 is 1. The largest absolute Gasteiger partial charge is 0.496 e. The molecule has 0 radical (unpaired) electrons. The molecule has 1 unspecified atom stereocenters. The standard InChI is InChI=1S/C23H20F3N5O5S/c1-36-15-5-4-12(9-13(15)23(24,25)26)31-14-6-7-27-20-16(14)17(29-21(31)33)18(37-20)19(32)28-11-3-2-8-30(10-11)22(34)35/h4-7,9,11H,2-3,8,10H2,1H3,(H,28,32)(H,29,33)(H,34,35). The fraction of sp³-hybridized carbons (Fsp3) is 0.304. The van der Waals surface area contributed by atoms with Crippen LogP contribution in [0, 0.1) is 0 Å². The van der Waals surface area contributed by atoms with Gasteiger partial charge in [0.15, 0.2) is 0 Å². The van der Waals surface area contributed by atoms with Gasteiger partial charge < -0.3 is 25.4 Å². The lowest BCUT2D eigenvalue weighted by molar-refractivity contribution is -0.138. The molecule has 4 amide bonds. The van der Waals surface area contributed by atoms with E-state index in [0.717, 1.165) is 35.5 Å². The molecule has 194 valence electrons. The first-order valence-corrected chi connectivity index (χ1v) is 12.0. The number of halogens is 3. The summed E-state index contributed by atoms with van der Waals surface area (Å²) in [5, 5.41) is 15.1. The molecule has 14 heteroatoms. The van der Waals surface area contributed by atoms with Crippen molar-refractivity contribution in [2.75, 3.05) is 30.4 Å². The van der Waals surface area contributed by atoms with Crippen LogP contribution in [0.4, 0.5) is 39.8 Å². The summed E-state index contributed by atoms with van der Waals surface area (Å²) in [6, 6.07) is 3.63. The minimum atomic E-state index is -4.71. The number of aromatic nitrogens is 1. The molecule has 2 aliphatic rings. The minimum absolute atomic E-state index is 0.0445. The van der Waals surface area contributed by atoms with Crippen LogP contribution in [0.2, 0.25) is 0 Å². The highest BCUT2D eigenvalue weighted by molar-refractivity contribution is 7.21. The van der Waals surface area contributed by atoms with Crippen LogP contribution in [0.25, 0.3) is 10.2 Å². The third-order valence-electron chi connectivity index (χ3n) is 6.23. The lowest BCUT2D eigenvalue weighted by atomic mass is 10.1. The first-order valence-electron chi connectivity index (χ1n) is 11.1. The SMILES string of the molecule is COc1ccc(N2C(=O)Nc3c(C(=O)NC4CCCN(C(=O)O)C4)sc4nccc2c34)cc1C(F)(F)F. The van der Waals surface area contributed by atoms with Crippen molar-refractivity contribution in [1.29, 1.82) is 0 Å². The summed E-state index contributed by atoms with van der Waals surface area (Å²) in [7, 11) is 1.13. The summed E-state index contributed by atoms with van der Waals surface area (Å²) in [6.45, 7) is 0.528. The summed E-state index contributed by atoms with van der Waals surface area (Å²) < 4.78 is 45.7. The van der Waals surface area contributed by atoms with Crippen LogP contribution in [0.5, 0.6) is 5.75 Å². The quantitative estimate of drug-likeness (QED) is 0.438. The lowest BCUT2D eigenvalue weighted by Gasteiger charge is -2.31. The van der Waals surface area contributed by atoms with Crippen molar-refractivity contribution in [3.63, 3.8) is 0 Å². The number of benzene rings is 1. The van der Waals surface area contributed by atoms with Gasteiger partial charge in [0.25, 0.3) is 5.91 Å². The Morgan fingerprint density at radius 1 is 1.30 bits per heavy atom. The number of carboxylic acid groups (broad SMARTS) is 1. The highest BCUT2D eigenvalue weighted by Gasteiger charge is 2.38. The van der Waals surface area contributed by atoms with E-state index in [-0.39, 0.29) is 34.2 Å². The van der Waals surface area contributed by atoms with Gasteiger partial charge in [-0.05, 0) is 37.1 Å². The smallest absolute Gasteiger partial charge is 0.420 e. The molecule has 37 heavy (non-hydrogen) atoms. The zero-order valence-electron chi connectivity index (χ0n) is 19.3. The van der Waals surface area contributed by atoms with Crippen LogP contribution in [-0.4, -0.2) is 59.3 Å². The van der Waals surface area contributed by atoms with Crippen molar-refractivity contribution >= 4 is 56.6 Å². The normalized spacial score (nSPS) is 17.5. The van der Waals surface area contributed by atoms with Gasteiger partial charge in [-0.1, -0.05) is 0 Å². The summed E-state index contributed by atoms with van der Waals surface area (Å²) in [6.07, 6.45) is -3.18. The van der Waals surface area contributed by atoms with Crippen molar-refractivity contribution in [3.05, 3.63) is 40.9 Å². The Bertz CT molecular complexity index is 1430. The van der Waals surface area contributed by atoms with Crippen molar-refractivity contribution < 1.29 is 37.4 Å². The van der Waals surface area contributed by atoms with Gasteiger partial charge in [-0.2, -0.15) is 13.2 Å². The molecule has 2 aromatic heterocycles. The van der Waals surface area contributed by atoms with E-state index in [1.165, 1.54) is 23.2 Å². The Labute approximate surface area is 211 Å². The molecule has 3 N–H and O–H groups in total. The second kappa shape index (κ2) is 9.10. The maximum atomic E-state index is 13.6. The number of ether oxygens (including phenoxy) is 1. The number of rotatable bonds is 4. The van der Waals surface area contributed by atoms with Gasteiger partial charge in [-0.3, -0.25) is 9.69 Å². The number of carbonyl (C=O) groups is 3. The molecule has 0 spiro atoms. The lowest BCUT2D eigenvalue weighted by Crippen LogP contribution is -2.49. The van der Waals surface area contributed by atoms with Gasteiger partial charge in [-0.25, -0.2) is 14.6 Å². The fourth-order valence-corrected chi connectivity index (χ4v) is 5.60. The average molecular weight is 536 g/mol. The molecule has 0 aliphatic carbocycles. The Kier molecular flexibility index (Phi) is 6.06. The Balaban J connectivity index is 1.52. The predicted octanol–water partition coefficient (Wildman–Crippen LogP) is 4.88. The first kappa shape index (κ1) is 24.6. The Morgan fingerprint density at radius 2 is 2.08 bits per heavy atom. The first-order chi connectivity index (χ1) is 17.6. The number of likely N-dealkylation sites (tertiary alicyclic amines) is 1. The third-order valence-corrected chi connectivity index (χ3v) is 7.32. The van der Waals surface area contributed by atoms with Crippen LogP contribution in [0.15, 0.2) is 30.5 Å². The molecule has 4 heterocycles. The number of urea groups is 1. The number of pyridine rings is 1. The zero-order chi connectivity index (χ0) is 26.5. The number of carbonyl (C=O) groups excluding carboxylic acids is 2. The monoisotopic (exact) mass is 535 g/mol. The number of nitrogens with one attached hydrogen (secondary N) is 2. The Hall–Kier alpha value is -4.07. The second-order valence-electron chi connectivity index (χ2n) is 8.51. The van der Waals surface area contributed by atoms with Crippen LogP contribution >= 0.6 is 11.3 Å². The second-order valence-corrected chi connectivity index (χ2v) is 9.50. The summed E-state index contributed by atoms with van der Waals surface area (Å²) in [5.41, 5.74) is -0.606. The van der Waals surface area contributed by atoms with Gasteiger partial charge in [0.1, 0.15) is 15.5 Å². The highest BCUT2D eigenvalue weighted by Crippen LogP contribution is 2.47. The molecule has 1 saturated heterocycles. The summed E-state index contributed by atoms with van der Waals surface area (Å²) in [5.74, 6) is -0.883. The van der Waals surface area contributed by atoms with E-state index in [0.29, 0.717) is 29.6 Å². The van der Waals surface area contributed by atoms with E-state index in [2.05, 4.69) is 15.6 Å². The van der Waals surface area contributed by atoms with Crippen LogP contribution < -0.4 is 20.3 Å². The molecule has 2 aliphatic heterocycles. The van der Waals surface area contributed by atoms with Crippen molar-refractivity contribution in [2.24, 2.45) is 0 Å². The molecule has 5 rings (SSSR count). The van der Waals surface area contributed by atoms with E-state index in [4.69, 9.17) is 4.74 Å². The van der Waals surface area contributed by atoms with Gasteiger partial charge >= 0.3 is 18.3 Å². The number of piperidine rings is 1. The van der Waals surface area contributed by atoms with Gasteiger partial charge in [0, 0.05) is 25.3 Å². The van der Waals surface area contributed by atoms with Gasteiger partial charge in [0.2, 0.25) is 0 Å². The fourth-order valence-electron chi connectivity index (χ4n) is 4.58. The van der Waals surface area contributed by atoms with Crippen LogP contribution in [0.3, 0.4) is 0 Å². The molecule has 3 aromatic rings. The van der Waals surface area contributed by atoms with Crippen molar-refractivity contribution in [2.45, 2.75) is 25.1 Å². The van der Waals surface area contributed by atoms with E-state index in [9.17, 15) is 32.7 Å². The molecular weight excluding hydrogens is 515 g/mol. The van der Waals surface area contributed by atoms with E-state index in [1.54, 1.807) is 0 Å². The highest BCUT2D eigenvalue weighted by atomic mass is 32.1. The van der Waals surface area contributed by atoms with Gasteiger partial charge in [-0.15, -0.1) is 11.3 Å². The average Bonchev–Trinajstić information content (AvgIpc) is 3.23. The van der Waals surface area contributed by atoms with Crippen LogP contribution in [0.1, 0.15) is 28.1 Å².